The molecule has 0 aromatic heterocycles. The van der Waals surface area contributed by atoms with E-state index in [2.05, 4.69) is 20.5 Å². The van der Waals surface area contributed by atoms with Crippen LogP contribution in [-0.4, -0.2) is 44.1 Å². The molecule has 1 aromatic rings. The summed E-state index contributed by atoms with van der Waals surface area (Å²) < 4.78 is 13.6. The Bertz CT molecular complexity index is 498. The van der Waals surface area contributed by atoms with Crippen LogP contribution in [0.1, 0.15) is 44.1 Å². The normalized spacial score (nSPS) is 16.2. The molecular formula is C19H31FN4. The third-order valence-electron chi connectivity index (χ3n) is 4.52. The Kier molecular flexibility index (Phi) is 8.60. The van der Waals surface area contributed by atoms with Crippen molar-refractivity contribution in [2.45, 2.75) is 45.1 Å². The van der Waals surface area contributed by atoms with E-state index < -0.39 is 0 Å². The maximum atomic E-state index is 13.6. The maximum absolute atomic E-state index is 13.6. The summed E-state index contributed by atoms with van der Waals surface area (Å²) in [6.07, 6.45) is 7.77. The monoisotopic (exact) mass is 334 g/mol. The molecule has 1 saturated heterocycles. The van der Waals surface area contributed by atoms with Gasteiger partial charge in [0.15, 0.2) is 5.96 Å². The highest BCUT2D eigenvalue weighted by atomic mass is 19.1. The van der Waals surface area contributed by atoms with Crippen molar-refractivity contribution in [3.05, 3.63) is 35.6 Å². The number of nitrogens with one attached hydrogen (secondary N) is 2. The number of likely N-dealkylation sites (tertiary alicyclic amines) is 1. The first-order valence-electron chi connectivity index (χ1n) is 9.20. The lowest BCUT2D eigenvalue weighted by Gasteiger charge is -2.26. The van der Waals surface area contributed by atoms with Gasteiger partial charge in [0.1, 0.15) is 5.82 Å². The van der Waals surface area contributed by atoms with Crippen LogP contribution in [0, 0.1) is 5.82 Å². The van der Waals surface area contributed by atoms with Crippen molar-refractivity contribution in [3.63, 3.8) is 0 Å². The fourth-order valence-electron chi connectivity index (χ4n) is 3.07. The SMILES string of the molecule is CN=C(NCCCCCN1CCCCC1)NCc1ccccc1F. The molecule has 1 aliphatic rings. The van der Waals surface area contributed by atoms with Crippen LogP contribution >= 0.6 is 0 Å². The molecule has 0 aliphatic carbocycles. The molecule has 0 amide bonds. The fourth-order valence-corrected chi connectivity index (χ4v) is 3.07. The third kappa shape index (κ3) is 6.87. The minimum atomic E-state index is -0.182. The average Bonchev–Trinajstić information content (AvgIpc) is 2.62. The number of hydrogen-bond donors (Lipinski definition) is 2. The van der Waals surface area contributed by atoms with Crippen LogP contribution in [0.15, 0.2) is 29.3 Å². The minimum absolute atomic E-state index is 0.182. The van der Waals surface area contributed by atoms with Gasteiger partial charge in [-0.1, -0.05) is 31.0 Å². The van der Waals surface area contributed by atoms with Crippen molar-refractivity contribution in [1.29, 1.82) is 0 Å². The highest BCUT2D eigenvalue weighted by Crippen LogP contribution is 2.09. The molecule has 0 atom stereocenters. The van der Waals surface area contributed by atoms with Crippen LogP contribution < -0.4 is 10.6 Å². The second-order valence-electron chi connectivity index (χ2n) is 6.41. The number of aliphatic imine (C=N–C) groups is 1. The molecule has 2 rings (SSSR count). The largest absolute Gasteiger partial charge is 0.356 e. The van der Waals surface area contributed by atoms with Crippen molar-refractivity contribution in [3.8, 4) is 0 Å². The molecule has 2 N–H and O–H groups in total. The predicted molar refractivity (Wildman–Crippen MR) is 98.7 cm³/mol. The third-order valence-corrected chi connectivity index (χ3v) is 4.52. The van der Waals surface area contributed by atoms with E-state index in [1.165, 1.54) is 57.8 Å². The Morgan fingerprint density at radius 3 is 2.62 bits per heavy atom. The van der Waals surface area contributed by atoms with E-state index in [9.17, 15) is 4.39 Å². The zero-order chi connectivity index (χ0) is 17.0. The van der Waals surface area contributed by atoms with Crippen LogP contribution in [-0.2, 0) is 6.54 Å². The molecule has 1 aromatic carbocycles. The second kappa shape index (κ2) is 11.0. The summed E-state index contributed by atoms with van der Waals surface area (Å²) in [6.45, 7) is 5.15. The Morgan fingerprint density at radius 2 is 1.88 bits per heavy atom. The van der Waals surface area contributed by atoms with Gasteiger partial charge in [-0.2, -0.15) is 0 Å². The molecule has 5 heteroatoms. The van der Waals surface area contributed by atoms with Gasteiger partial charge in [0.2, 0.25) is 0 Å². The first kappa shape index (κ1) is 18.7. The lowest BCUT2D eigenvalue weighted by molar-refractivity contribution is 0.224. The number of guanidine groups is 1. The fraction of sp³-hybridized carbons (Fsp3) is 0.632. The zero-order valence-electron chi connectivity index (χ0n) is 14.9. The summed E-state index contributed by atoms with van der Waals surface area (Å²) in [5.41, 5.74) is 0.655. The van der Waals surface area contributed by atoms with Gasteiger partial charge in [0, 0.05) is 25.7 Å². The van der Waals surface area contributed by atoms with Crippen molar-refractivity contribution >= 4 is 5.96 Å². The Balaban J connectivity index is 1.54. The van der Waals surface area contributed by atoms with Crippen molar-refractivity contribution in [2.75, 3.05) is 33.2 Å². The molecule has 1 heterocycles. The Hall–Kier alpha value is -1.62. The average molecular weight is 334 g/mol. The second-order valence-corrected chi connectivity index (χ2v) is 6.41. The van der Waals surface area contributed by atoms with Crippen LogP contribution in [0.5, 0.6) is 0 Å². The minimum Gasteiger partial charge on any atom is -0.356 e. The molecule has 1 aliphatic heterocycles. The molecule has 4 nitrogen and oxygen atoms in total. The van der Waals surface area contributed by atoms with E-state index >= 15 is 0 Å². The van der Waals surface area contributed by atoms with E-state index in [0.29, 0.717) is 12.1 Å². The zero-order valence-corrected chi connectivity index (χ0v) is 14.9. The van der Waals surface area contributed by atoms with Crippen molar-refractivity contribution < 1.29 is 4.39 Å². The summed E-state index contributed by atoms with van der Waals surface area (Å²) in [5, 5.41) is 6.46. The molecule has 0 spiro atoms. The van der Waals surface area contributed by atoms with E-state index in [1.807, 2.05) is 6.07 Å². The smallest absolute Gasteiger partial charge is 0.191 e. The highest BCUT2D eigenvalue weighted by molar-refractivity contribution is 5.79. The van der Waals surface area contributed by atoms with Crippen LogP contribution in [0.2, 0.25) is 0 Å². The molecule has 0 saturated carbocycles. The summed E-state index contributed by atoms with van der Waals surface area (Å²) in [4.78, 5) is 6.78. The van der Waals surface area contributed by atoms with Crippen LogP contribution in [0.4, 0.5) is 4.39 Å². The Morgan fingerprint density at radius 1 is 1.08 bits per heavy atom. The molecule has 134 valence electrons. The number of hydrogen-bond acceptors (Lipinski definition) is 2. The number of unbranched alkanes of at least 4 members (excludes halogenated alkanes) is 2. The first-order valence-corrected chi connectivity index (χ1v) is 9.20. The van der Waals surface area contributed by atoms with Gasteiger partial charge in [0.25, 0.3) is 0 Å². The summed E-state index contributed by atoms with van der Waals surface area (Å²) in [7, 11) is 1.74. The van der Waals surface area contributed by atoms with Gasteiger partial charge in [-0.15, -0.1) is 0 Å². The molecular weight excluding hydrogens is 303 g/mol. The molecule has 24 heavy (non-hydrogen) atoms. The molecule has 0 bridgehead atoms. The summed E-state index contributed by atoms with van der Waals surface area (Å²) in [5.74, 6) is 0.549. The number of halogens is 1. The quantitative estimate of drug-likeness (QED) is 0.436. The summed E-state index contributed by atoms with van der Waals surface area (Å²) in [6, 6.07) is 6.82. The lowest BCUT2D eigenvalue weighted by atomic mass is 10.1. The van der Waals surface area contributed by atoms with Crippen LogP contribution in [0.25, 0.3) is 0 Å². The molecule has 0 unspecified atom stereocenters. The standard InChI is InChI=1S/C19H31FN4/c1-21-19(23-16-17-10-4-5-11-18(17)20)22-12-6-2-7-13-24-14-8-3-9-15-24/h4-5,10-11H,2-3,6-9,12-16H2,1H3,(H2,21,22,23). The first-order chi connectivity index (χ1) is 11.8. The summed E-state index contributed by atoms with van der Waals surface area (Å²) >= 11 is 0. The van der Waals surface area contributed by atoms with Crippen LogP contribution in [0.3, 0.4) is 0 Å². The number of piperidine rings is 1. The Labute approximate surface area is 145 Å². The van der Waals surface area contributed by atoms with Gasteiger partial charge in [-0.3, -0.25) is 4.99 Å². The van der Waals surface area contributed by atoms with E-state index in [1.54, 1.807) is 19.2 Å². The molecule has 1 fully saturated rings. The van der Waals surface area contributed by atoms with Gasteiger partial charge in [-0.05, 0) is 51.4 Å². The van der Waals surface area contributed by atoms with E-state index in [4.69, 9.17) is 0 Å². The highest BCUT2D eigenvalue weighted by Gasteiger charge is 2.08. The topological polar surface area (TPSA) is 39.7 Å². The van der Waals surface area contributed by atoms with Gasteiger partial charge < -0.3 is 15.5 Å². The number of benzene rings is 1. The van der Waals surface area contributed by atoms with E-state index in [0.717, 1.165) is 18.9 Å². The van der Waals surface area contributed by atoms with Crippen molar-refractivity contribution in [1.82, 2.24) is 15.5 Å². The molecule has 0 radical (unpaired) electrons. The van der Waals surface area contributed by atoms with Crippen molar-refractivity contribution in [2.24, 2.45) is 4.99 Å². The maximum Gasteiger partial charge on any atom is 0.191 e. The number of rotatable bonds is 8. The lowest BCUT2D eigenvalue weighted by Crippen LogP contribution is -2.37. The van der Waals surface area contributed by atoms with Gasteiger partial charge in [0.05, 0.1) is 0 Å². The number of nitrogens with zero attached hydrogens (tertiary/aromatic N) is 2. The predicted octanol–water partition coefficient (Wildman–Crippen LogP) is 3.15. The van der Waals surface area contributed by atoms with Gasteiger partial charge >= 0.3 is 0 Å². The van der Waals surface area contributed by atoms with Gasteiger partial charge in [-0.25, -0.2) is 4.39 Å². The van der Waals surface area contributed by atoms with E-state index in [-0.39, 0.29) is 5.82 Å².